The number of benzene rings is 2. The number of ketones is 1. The standard InChI is InChI=1S/C16H19OS/c1-3-18(4-2)12-16(17)15-10-9-13-7-5-6-8-14(13)11-15/h5-11H,3-4,12H2,1-2H3/q+1. The molecule has 0 bridgehead atoms. The molecular weight excluding hydrogens is 240 g/mol. The summed E-state index contributed by atoms with van der Waals surface area (Å²) in [6.07, 6.45) is 0. The first-order chi connectivity index (χ1) is 8.74. The molecule has 0 saturated heterocycles. The summed E-state index contributed by atoms with van der Waals surface area (Å²) in [5.74, 6) is 3.20. The van der Waals surface area contributed by atoms with Crippen LogP contribution in [0.3, 0.4) is 0 Å². The first-order valence-electron chi connectivity index (χ1n) is 6.40. The summed E-state index contributed by atoms with van der Waals surface area (Å²) in [7, 11) is 0.248. The Morgan fingerprint density at radius 2 is 1.67 bits per heavy atom. The van der Waals surface area contributed by atoms with Gasteiger partial charge in [-0.25, -0.2) is 0 Å². The second-order valence-corrected chi connectivity index (χ2v) is 6.99. The highest BCUT2D eigenvalue weighted by Crippen LogP contribution is 2.16. The van der Waals surface area contributed by atoms with Gasteiger partial charge in [0, 0.05) is 5.56 Å². The Kier molecular flexibility index (Phi) is 4.43. The molecule has 2 heteroatoms. The van der Waals surface area contributed by atoms with Crippen molar-refractivity contribution in [3.8, 4) is 0 Å². The van der Waals surface area contributed by atoms with Crippen molar-refractivity contribution in [1.29, 1.82) is 0 Å². The van der Waals surface area contributed by atoms with E-state index in [0.717, 1.165) is 22.5 Å². The van der Waals surface area contributed by atoms with Crippen molar-refractivity contribution in [2.75, 3.05) is 17.3 Å². The zero-order valence-electron chi connectivity index (χ0n) is 11.0. The number of carbonyl (C=O) groups excluding carboxylic acids is 1. The summed E-state index contributed by atoms with van der Waals surface area (Å²) in [5, 5.41) is 2.34. The molecule has 2 aromatic carbocycles. The van der Waals surface area contributed by atoms with Gasteiger partial charge >= 0.3 is 0 Å². The van der Waals surface area contributed by atoms with Crippen LogP contribution in [0.15, 0.2) is 42.5 Å². The maximum Gasteiger partial charge on any atom is 0.211 e. The Hall–Kier alpha value is -1.28. The van der Waals surface area contributed by atoms with E-state index in [2.05, 4.69) is 26.0 Å². The van der Waals surface area contributed by atoms with E-state index in [-0.39, 0.29) is 16.7 Å². The fourth-order valence-electron chi connectivity index (χ4n) is 2.04. The van der Waals surface area contributed by atoms with Crippen LogP contribution in [0.5, 0.6) is 0 Å². The highest BCUT2D eigenvalue weighted by molar-refractivity contribution is 7.97. The summed E-state index contributed by atoms with van der Waals surface area (Å²) in [6.45, 7) is 4.33. The molecule has 0 fully saturated rings. The molecule has 0 unspecified atom stereocenters. The fourth-order valence-corrected chi connectivity index (χ4v) is 3.39. The van der Waals surface area contributed by atoms with Gasteiger partial charge in [-0.2, -0.15) is 0 Å². The lowest BCUT2D eigenvalue weighted by molar-refractivity contribution is 0.102. The smallest absolute Gasteiger partial charge is 0.211 e. The Morgan fingerprint density at radius 3 is 2.33 bits per heavy atom. The maximum absolute atomic E-state index is 12.2. The molecule has 0 radical (unpaired) electrons. The van der Waals surface area contributed by atoms with E-state index in [1.807, 2.05) is 30.3 Å². The minimum absolute atomic E-state index is 0.248. The predicted octanol–water partition coefficient (Wildman–Crippen LogP) is 3.68. The van der Waals surface area contributed by atoms with Crippen molar-refractivity contribution < 1.29 is 4.79 Å². The first kappa shape index (κ1) is 13.2. The molecule has 0 aliphatic heterocycles. The molecule has 2 rings (SSSR count). The number of rotatable bonds is 5. The Morgan fingerprint density at radius 1 is 1.00 bits per heavy atom. The second-order valence-electron chi connectivity index (χ2n) is 4.32. The molecule has 1 nitrogen and oxygen atoms in total. The molecule has 2 aromatic rings. The third-order valence-electron chi connectivity index (χ3n) is 3.22. The van der Waals surface area contributed by atoms with Crippen LogP contribution in [0.25, 0.3) is 10.8 Å². The highest BCUT2D eigenvalue weighted by atomic mass is 32.2. The Bertz CT molecular complexity index is 544. The zero-order chi connectivity index (χ0) is 13.0. The van der Waals surface area contributed by atoms with Gasteiger partial charge in [0.05, 0.1) is 0 Å². The monoisotopic (exact) mass is 259 g/mol. The van der Waals surface area contributed by atoms with E-state index >= 15 is 0 Å². The van der Waals surface area contributed by atoms with Crippen molar-refractivity contribution in [1.82, 2.24) is 0 Å². The van der Waals surface area contributed by atoms with Crippen LogP contribution in [0, 0.1) is 0 Å². The molecule has 0 heterocycles. The molecule has 18 heavy (non-hydrogen) atoms. The third kappa shape index (κ3) is 2.94. The van der Waals surface area contributed by atoms with Gasteiger partial charge in [-0.05, 0) is 41.6 Å². The average molecular weight is 259 g/mol. The molecule has 0 aromatic heterocycles. The SMILES string of the molecule is CC[S+](CC)CC(=O)c1ccc2ccccc2c1. The molecule has 0 aliphatic carbocycles. The van der Waals surface area contributed by atoms with Crippen molar-refractivity contribution in [3.05, 3.63) is 48.0 Å². The van der Waals surface area contributed by atoms with Crippen LogP contribution < -0.4 is 0 Å². The molecule has 0 atom stereocenters. The van der Waals surface area contributed by atoms with Crippen LogP contribution >= 0.6 is 0 Å². The second kappa shape index (κ2) is 6.05. The lowest BCUT2D eigenvalue weighted by Gasteiger charge is -2.05. The van der Waals surface area contributed by atoms with Crippen molar-refractivity contribution in [2.45, 2.75) is 13.8 Å². The zero-order valence-corrected chi connectivity index (χ0v) is 11.8. The maximum atomic E-state index is 12.2. The number of hydrogen-bond acceptors (Lipinski definition) is 1. The first-order valence-corrected chi connectivity index (χ1v) is 8.14. The Balaban J connectivity index is 2.22. The van der Waals surface area contributed by atoms with Gasteiger partial charge < -0.3 is 0 Å². The highest BCUT2D eigenvalue weighted by Gasteiger charge is 2.19. The summed E-state index contributed by atoms with van der Waals surface area (Å²) in [5.41, 5.74) is 0.855. The van der Waals surface area contributed by atoms with E-state index in [9.17, 15) is 4.79 Å². The van der Waals surface area contributed by atoms with E-state index in [0.29, 0.717) is 5.75 Å². The number of fused-ring (bicyclic) bond motifs is 1. The van der Waals surface area contributed by atoms with E-state index in [1.165, 1.54) is 5.39 Å². The minimum atomic E-state index is 0.248. The van der Waals surface area contributed by atoms with E-state index in [1.54, 1.807) is 0 Å². The lowest BCUT2D eigenvalue weighted by atomic mass is 10.1. The molecule has 0 aliphatic rings. The van der Waals surface area contributed by atoms with Crippen LogP contribution in [0.1, 0.15) is 24.2 Å². The van der Waals surface area contributed by atoms with Crippen LogP contribution in [0.4, 0.5) is 0 Å². The van der Waals surface area contributed by atoms with Crippen LogP contribution in [-0.2, 0) is 10.9 Å². The van der Waals surface area contributed by atoms with E-state index < -0.39 is 0 Å². The van der Waals surface area contributed by atoms with Crippen molar-refractivity contribution >= 4 is 27.5 Å². The van der Waals surface area contributed by atoms with Gasteiger partial charge in [0.1, 0.15) is 11.5 Å². The van der Waals surface area contributed by atoms with Gasteiger partial charge in [0.25, 0.3) is 0 Å². The van der Waals surface area contributed by atoms with Gasteiger partial charge in [-0.15, -0.1) is 0 Å². The van der Waals surface area contributed by atoms with E-state index in [4.69, 9.17) is 0 Å². The number of Topliss-reactive ketones (excluding diaryl/α,β-unsaturated/α-hetero) is 1. The largest absolute Gasteiger partial charge is 0.289 e. The third-order valence-corrected chi connectivity index (χ3v) is 5.53. The summed E-state index contributed by atoms with van der Waals surface area (Å²) in [6, 6.07) is 14.2. The number of hydrogen-bond donors (Lipinski definition) is 0. The molecular formula is C16H19OS+. The molecule has 94 valence electrons. The topological polar surface area (TPSA) is 17.1 Å². The average Bonchev–Trinajstić information content (AvgIpc) is 2.44. The quantitative estimate of drug-likeness (QED) is 0.591. The van der Waals surface area contributed by atoms with Gasteiger partial charge in [0.2, 0.25) is 5.78 Å². The minimum Gasteiger partial charge on any atom is -0.289 e. The summed E-state index contributed by atoms with van der Waals surface area (Å²) in [4.78, 5) is 12.2. The van der Waals surface area contributed by atoms with Crippen LogP contribution in [-0.4, -0.2) is 23.0 Å². The van der Waals surface area contributed by atoms with Crippen molar-refractivity contribution in [3.63, 3.8) is 0 Å². The van der Waals surface area contributed by atoms with Crippen molar-refractivity contribution in [2.24, 2.45) is 0 Å². The van der Waals surface area contributed by atoms with Gasteiger partial charge in [-0.1, -0.05) is 36.4 Å². The normalized spacial score (nSPS) is 11.1. The molecule has 0 saturated carbocycles. The predicted molar refractivity (Wildman–Crippen MR) is 81.6 cm³/mol. The molecule has 0 amide bonds. The fraction of sp³-hybridized carbons (Fsp3) is 0.312. The molecule has 0 spiro atoms. The molecule has 0 N–H and O–H groups in total. The Labute approximate surface area is 112 Å². The summed E-state index contributed by atoms with van der Waals surface area (Å²) >= 11 is 0. The number of carbonyl (C=O) groups is 1. The lowest BCUT2D eigenvalue weighted by Crippen LogP contribution is -2.20. The summed E-state index contributed by atoms with van der Waals surface area (Å²) < 4.78 is 0. The van der Waals surface area contributed by atoms with Crippen LogP contribution in [0.2, 0.25) is 0 Å². The van der Waals surface area contributed by atoms with Gasteiger partial charge in [0.15, 0.2) is 5.75 Å². The van der Waals surface area contributed by atoms with Gasteiger partial charge in [-0.3, -0.25) is 4.79 Å².